The smallest absolute Gasteiger partial charge is 0.180 e. The number of anilines is 3. The average Bonchev–Trinajstić information content (AvgIpc) is 3.58. The quantitative estimate of drug-likeness (QED) is 0.240. The molecule has 0 radical (unpaired) electrons. The SMILES string of the molecule is c1ccc(-c2c(N(c3ccccc3)c3ccccc3)c3c4ccccc4oc3c3oc4ccccc4c23)cc1. The molecule has 3 heteroatoms. The highest BCUT2D eigenvalue weighted by atomic mass is 16.4. The van der Waals surface area contributed by atoms with Gasteiger partial charge in [-0.15, -0.1) is 0 Å². The minimum atomic E-state index is 0.758. The molecule has 0 aliphatic heterocycles. The van der Waals surface area contributed by atoms with E-state index in [1.54, 1.807) is 0 Å². The van der Waals surface area contributed by atoms with Gasteiger partial charge in [-0.25, -0.2) is 0 Å². The van der Waals surface area contributed by atoms with Crippen molar-refractivity contribution in [3.05, 3.63) is 140 Å². The number of hydrogen-bond acceptors (Lipinski definition) is 3. The molecule has 0 unspecified atom stereocenters. The van der Waals surface area contributed by atoms with E-state index in [2.05, 4.69) is 120 Å². The van der Waals surface area contributed by atoms with Crippen molar-refractivity contribution in [3.63, 3.8) is 0 Å². The van der Waals surface area contributed by atoms with E-state index in [0.29, 0.717) is 0 Å². The van der Waals surface area contributed by atoms with E-state index >= 15 is 0 Å². The highest BCUT2D eigenvalue weighted by Crippen LogP contribution is 2.53. The Morgan fingerprint density at radius 1 is 0.410 bits per heavy atom. The zero-order chi connectivity index (χ0) is 25.8. The first-order valence-electron chi connectivity index (χ1n) is 13.1. The minimum Gasteiger partial charge on any atom is -0.452 e. The summed E-state index contributed by atoms with van der Waals surface area (Å²) >= 11 is 0. The van der Waals surface area contributed by atoms with E-state index in [4.69, 9.17) is 8.83 Å². The van der Waals surface area contributed by atoms with Crippen LogP contribution in [-0.2, 0) is 0 Å². The molecule has 184 valence electrons. The molecule has 0 atom stereocenters. The third-order valence-electron chi connectivity index (χ3n) is 7.44. The molecule has 0 saturated heterocycles. The summed E-state index contributed by atoms with van der Waals surface area (Å²) in [5, 5.41) is 4.20. The summed E-state index contributed by atoms with van der Waals surface area (Å²) in [5.74, 6) is 0. The van der Waals surface area contributed by atoms with Crippen LogP contribution >= 0.6 is 0 Å². The minimum absolute atomic E-state index is 0.758. The second kappa shape index (κ2) is 8.64. The van der Waals surface area contributed by atoms with Crippen LogP contribution in [0.25, 0.3) is 55.0 Å². The molecule has 8 aromatic rings. The van der Waals surface area contributed by atoms with Crippen molar-refractivity contribution in [1.29, 1.82) is 0 Å². The van der Waals surface area contributed by atoms with Gasteiger partial charge >= 0.3 is 0 Å². The van der Waals surface area contributed by atoms with Crippen LogP contribution in [0.4, 0.5) is 17.1 Å². The molecule has 0 aliphatic carbocycles. The van der Waals surface area contributed by atoms with E-state index < -0.39 is 0 Å². The first kappa shape index (κ1) is 21.8. The fraction of sp³-hybridized carbons (Fsp3) is 0. The highest BCUT2D eigenvalue weighted by Gasteiger charge is 2.29. The van der Waals surface area contributed by atoms with Crippen LogP contribution in [0.1, 0.15) is 0 Å². The Kier molecular flexibility index (Phi) is 4.82. The number of hydrogen-bond donors (Lipinski definition) is 0. The average molecular weight is 502 g/mol. The van der Waals surface area contributed by atoms with Gasteiger partial charge in [0.05, 0.1) is 11.1 Å². The van der Waals surface area contributed by atoms with Crippen molar-refractivity contribution >= 4 is 60.9 Å². The highest BCUT2D eigenvalue weighted by molar-refractivity contribution is 6.30. The largest absolute Gasteiger partial charge is 0.452 e. The van der Waals surface area contributed by atoms with E-state index in [0.717, 1.165) is 72.1 Å². The monoisotopic (exact) mass is 501 g/mol. The summed E-state index contributed by atoms with van der Waals surface area (Å²) in [7, 11) is 0. The molecule has 0 saturated carbocycles. The summed E-state index contributed by atoms with van der Waals surface area (Å²) < 4.78 is 13.2. The summed E-state index contributed by atoms with van der Waals surface area (Å²) in [6, 6.07) is 48.2. The summed E-state index contributed by atoms with van der Waals surface area (Å²) in [4.78, 5) is 2.35. The summed E-state index contributed by atoms with van der Waals surface area (Å²) in [6.45, 7) is 0. The maximum Gasteiger partial charge on any atom is 0.180 e. The van der Waals surface area contributed by atoms with Crippen LogP contribution < -0.4 is 4.90 Å². The lowest BCUT2D eigenvalue weighted by atomic mass is 9.93. The molecule has 0 aliphatic rings. The van der Waals surface area contributed by atoms with Crippen LogP contribution in [0.5, 0.6) is 0 Å². The second-order valence-electron chi connectivity index (χ2n) is 9.70. The molecule has 39 heavy (non-hydrogen) atoms. The third-order valence-corrected chi connectivity index (χ3v) is 7.44. The Balaban J connectivity index is 1.68. The molecule has 2 aromatic heterocycles. The Morgan fingerprint density at radius 2 is 0.846 bits per heavy atom. The van der Waals surface area contributed by atoms with Gasteiger partial charge in [0.2, 0.25) is 0 Å². The summed E-state index contributed by atoms with van der Waals surface area (Å²) in [5.41, 5.74) is 8.64. The Hall–Kier alpha value is -5.28. The van der Waals surface area contributed by atoms with Gasteiger partial charge in [0.1, 0.15) is 11.2 Å². The van der Waals surface area contributed by atoms with Crippen molar-refractivity contribution in [2.24, 2.45) is 0 Å². The maximum absolute atomic E-state index is 6.63. The number of nitrogens with zero attached hydrogens (tertiary/aromatic N) is 1. The normalized spacial score (nSPS) is 11.6. The van der Waals surface area contributed by atoms with E-state index in [9.17, 15) is 0 Å². The van der Waals surface area contributed by atoms with Crippen LogP contribution in [0.2, 0.25) is 0 Å². The van der Waals surface area contributed by atoms with Crippen LogP contribution in [-0.4, -0.2) is 0 Å². The standard InChI is InChI=1S/C36H23NO2/c1-4-14-24(15-5-1)31-32-27-20-10-12-22-29(27)38-35(32)36-33(28-21-11-13-23-30(28)39-36)34(31)37(25-16-6-2-7-17-25)26-18-8-3-9-19-26/h1-23H. The van der Waals surface area contributed by atoms with E-state index in [1.165, 1.54) is 0 Å². The number of furan rings is 2. The maximum atomic E-state index is 6.63. The molecule has 0 N–H and O–H groups in total. The molecule has 3 nitrogen and oxygen atoms in total. The first-order chi connectivity index (χ1) is 19.4. The van der Waals surface area contributed by atoms with Crippen LogP contribution in [0.3, 0.4) is 0 Å². The molecule has 6 aromatic carbocycles. The van der Waals surface area contributed by atoms with Gasteiger partial charge in [-0.05, 0) is 42.0 Å². The van der Waals surface area contributed by atoms with Crippen molar-refractivity contribution in [2.75, 3.05) is 4.90 Å². The zero-order valence-electron chi connectivity index (χ0n) is 21.0. The van der Waals surface area contributed by atoms with Crippen LogP contribution in [0, 0.1) is 0 Å². The number of rotatable bonds is 4. The van der Waals surface area contributed by atoms with Gasteiger partial charge in [0.15, 0.2) is 11.2 Å². The van der Waals surface area contributed by atoms with Gasteiger partial charge in [-0.3, -0.25) is 0 Å². The van der Waals surface area contributed by atoms with Gasteiger partial charge < -0.3 is 13.7 Å². The van der Waals surface area contributed by atoms with Crippen molar-refractivity contribution in [2.45, 2.75) is 0 Å². The summed E-state index contributed by atoms with van der Waals surface area (Å²) in [6.07, 6.45) is 0. The molecular weight excluding hydrogens is 478 g/mol. The molecular formula is C36H23NO2. The Bertz CT molecular complexity index is 2070. The fourth-order valence-electron chi connectivity index (χ4n) is 5.81. The molecule has 2 heterocycles. The van der Waals surface area contributed by atoms with Crippen molar-refractivity contribution < 1.29 is 8.83 Å². The molecule has 0 spiro atoms. The van der Waals surface area contributed by atoms with Gasteiger partial charge in [-0.2, -0.15) is 0 Å². The van der Waals surface area contributed by atoms with Gasteiger partial charge in [-0.1, -0.05) is 103 Å². The predicted octanol–water partition coefficient (Wildman–Crippen LogP) is 10.6. The Morgan fingerprint density at radius 3 is 1.41 bits per heavy atom. The zero-order valence-corrected chi connectivity index (χ0v) is 21.0. The molecule has 0 bridgehead atoms. The predicted molar refractivity (Wildman–Crippen MR) is 161 cm³/mol. The Labute approximate surface area is 225 Å². The van der Waals surface area contributed by atoms with E-state index in [-0.39, 0.29) is 0 Å². The van der Waals surface area contributed by atoms with Crippen molar-refractivity contribution in [3.8, 4) is 11.1 Å². The third kappa shape index (κ3) is 3.30. The van der Waals surface area contributed by atoms with Crippen molar-refractivity contribution in [1.82, 2.24) is 0 Å². The lowest BCUT2D eigenvalue weighted by Crippen LogP contribution is -2.11. The fourth-order valence-corrected chi connectivity index (χ4v) is 5.81. The molecule has 0 fully saturated rings. The lowest BCUT2D eigenvalue weighted by Gasteiger charge is -2.29. The van der Waals surface area contributed by atoms with E-state index in [1.807, 2.05) is 24.3 Å². The molecule has 8 rings (SSSR count). The lowest BCUT2D eigenvalue weighted by molar-refractivity contribution is 0.633. The first-order valence-corrected chi connectivity index (χ1v) is 13.1. The molecule has 0 amide bonds. The van der Waals surface area contributed by atoms with Gasteiger partial charge in [0.25, 0.3) is 0 Å². The topological polar surface area (TPSA) is 29.5 Å². The second-order valence-corrected chi connectivity index (χ2v) is 9.70. The van der Waals surface area contributed by atoms with Gasteiger partial charge in [0, 0.05) is 33.1 Å². The number of fused-ring (bicyclic) bond motifs is 7. The van der Waals surface area contributed by atoms with Crippen LogP contribution in [0.15, 0.2) is 148 Å². The number of para-hydroxylation sites is 4. The number of benzene rings is 6.